The molecular weight excluding hydrogens is 563 g/mol. The number of nitrogens with zero attached hydrogens (tertiary/aromatic N) is 1. The van der Waals surface area contributed by atoms with Gasteiger partial charge in [0, 0.05) is 17.1 Å². The summed E-state index contributed by atoms with van der Waals surface area (Å²) in [5.74, 6) is 0.679. The van der Waals surface area contributed by atoms with Crippen molar-refractivity contribution >= 4 is 46.2 Å². The number of methoxy groups -OCH3 is 1. The van der Waals surface area contributed by atoms with Gasteiger partial charge in [0.25, 0.3) is 5.91 Å². The maximum Gasteiger partial charge on any atom is 0.261 e. The summed E-state index contributed by atoms with van der Waals surface area (Å²) in [5.41, 5.74) is 2.78. The molecule has 0 saturated carbocycles. The zero-order valence-electron chi connectivity index (χ0n) is 18.7. The number of aryl methyl sites for hydroxylation is 1. The maximum absolute atomic E-state index is 12.5. The van der Waals surface area contributed by atoms with Gasteiger partial charge in [0.2, 0.25) is 0 Å². The van der Waals surface area contributed by atoms with E-state index >= 15 is 0 Å². The van der Waals surface area contributed by atoms with E-state index in [1.165, 1.54) is 5.56 Å². The monoisotopic (exact) mass is 586 g/mol. The fourth-order valence-corrected chi connectivity index (χ4v) is 4.25. The van der Waals surface area contributed by atoms with Gasteiger partial charge in [0.15, 0.2) is 11.5 Å². The Morgan fingerprint density at radius 3 is 2.59 bits per heavy atom. The Hall–Kier alpha value is -3.02. The molecule has 5 nitrogen and oxygen atoms in total. The highest BCUT2D eigenvalue weighted by Gasteiger charge is 2.14. The number of hydrogen-bond donors (Lipinski definition) is 1. The Balaban J connectivity index is 1.66. The third-order valence-electron chi connectivity index (χ3n) is 5.03. The smallest absolute Gasteiger partial charge is 0.261 e. The molecule has 3 aromatic rings. The molecule has 0 aromatic heterocycles. The van der Waals surface area contributed by atoms with E-state index in [2.05, 4.69) is 40.0 Å². The van der Waals surface area contributed by atoms with Crippen molar-refractivity contribution in [2.24, 2.45) is 0 Å². The van der Waals surface area contributed by atoms with Gasteiger partial charge in [-0.1, -0.05) is 60.1 Å². The van der Waals surface area contributed by atoms with Gasteiger partial charge in [0.05, 0.1) is 10.7 Å². The summed E-state index contributed by atoms with van der Waals surface area (Å²) in [6.07, 6.45) is 3.20. The summed E-state index contributed by atoms with van der Waals surface area (Å²) < 4.78 is 12.3. The molecule has 0 heterocycles. The number of carbonyl (C=O) groups excluding carboxylic acids is 1. The number of halogens is 2. The average molecular weight is 587 g/mol. The fourth-order valence-electron chi connectivity index (χ4n) is 3.28. The molecule has 34 heavy (non-hydrogen) atoms. The average Bonchev–Trinajstić information content (AvgIpc) is 2.85. The van der Waals surface area contributed by atoms with E-state index in [1.54, 1.807) is 19.3 Å². The molecule has 1 N–H and O–H groups in total. The summed E-state index contributed by atoms with van der Waals surface area (Å²) in [7, 11) is 1.55. The van der Waals surface area contributed by atoms with Crippen LogP contribution < -0.4 is 14.8 Å². The van der Waals surface area contributed by atoms with Gasteiger partial charge in [0.1, 0.15) is 18.2 Å². The highest BCUT2D eigenvalue weighted by Crippen LogP contribution is 2.35. The number of ether oxygens (including phenoxy) is 2. The second-order valence-electron chi connectivity index (χ2n) is 7.43. The molecule has 0 bridgehead atoms. The van der Waals surface area contributed by atoms with Crippen LogP contribution in [-0.4, -0.2) is 19.6 Å². The number of rotatable bonds is 10. The summed E-state index contributed by atoms with van der Waals surface area (Å²) >= 11 is 8.36. The number of amides is 1. The molecule has 0 fully saturated rings. The number of benzene rings is 3. The Bertz CT molecular complexity index is 1210. The predicted molar refractivity (Wildman–Crippen MR) is 143 cm³/mol. The van der Waals surface area contributed by atoms with E-state index in [4.69, 9.17) is 21.1 Å². The molecule has 0 atom stereocenters. The second kappa shape index (κ2) is 13.0. The topological polar surface area (TPSA) is 71.3 Å². The molecule has 0 saturated heterocycles. The minimum Gasteiger partial charge on any atom is -0.493 e. The molecule has 0 radical (unpaired) electrons. The van der Waals surface area contributed by atoms with Gasteiger partial charge in [-0.2, -0.15) is 5.26 Å². The highest BCUT2D eigenvalue weighted by molar-refractivity contribution is 14.1. The lowest BCUT2D eigenvalue weighted by Gasteiger charge is -2.14. The summed E-state index contributed by atoms with van der Waals surface area (Å²) in [4.78, 5) is 12.5. The number of nitrogens with one attached hydrogen (secondary N) is 1. The lowest BCUT2D eigenvalue weighted by Crippen LogP contribution is -2.25. The van der Waals surface area contributed by atoms with Crippen molar-refractivity contribution in [1.82, 2.24) is 5.32 Å². The molecule has 3 rings (SSSR count). The van der Waals surface area contributed by atoms with Crippen LogP contribution in [0.1, 0.15) is 23.1 Å². The normalized spacial score (nSPS) is 10.9. The van der Waals surface area contributed by atoms with Crippen LogP contribution >= 0.6 is 34.2 Å². The van der Waals surface area contributed by atoms with E-state index < -0.39 is 5.91 Å². The van der Waals surface area contributed by atoms with E-state index in [-0.39, 0.29) is 12.2 Å². The third-order valence-corrected chi connectivity index (χ3v) is 6.20. The maximum atomic E-state index is 12.5. The third kappa shape index (κ3) is 7.24. The predicted octanol–water partition coefficient (Wildman–Crippen LogP) is 6.19. The Kier molecular flexibility index (Phi) is 9.80. The van der Waals surface area contributed by atoms with E-state index in [0.717, 1.165) is 22.0 Å². The van der Waals surface area contributed by atoms with Crippen molar-refractivity contribution in [3.05, 3.63) is 97.6 Å². The zero-order chi connectivity index (χ0) is 24.3. The first kappa shape index (κ1) is 25.6. The van der Waals surface area contributed by atoms with Gasteiger partial charge in [-0.3, -0.25) is 4.79 Å². The van der Waals surface area contributed by atoms with Gasteiger partial charge >= 0.3 is 0 Å². The number of nitriles is 1. The van der Waals surface area contributed by atoms with Crippen molar-refractivity contribution < 1.29 is 14.3 Å². The quantitative estimate of drug-likeness (QED) is 0.133. The minimum absolute atomic E-state index is 0.0299. The molecule has 174 valence electrons. The number of hydrogen-bond acceptors (Lipinski definition) is 4. The van der Waals surface area contributed by atoms with E-state index in [1.807, 2.05) is 54.6 Å². The summed E-state index contributed by atoms with van der Waals surface area (Å²) in [6.45, 7) is 0.776. The van der Waals surface area contributed by atoms with Crippen LogP contribution in [0.2, 0.25) is 5.02 Å². The van der Waals surface area contributed by atoms with Crippen LogP contribution in [-0.2, 0) is 17.8 Å². The van der Waals surface area contributed by atoms with Crippen LogP contribution in [0.3, 0.4) is 0 Å². The number of carbonyl (C=O) groups is 1. The molecule has 0 aliphatic carbocycles. The molecular formula is C27H24ClIN2O3. The highest BCUT2D eigenvalue weighted by atomic mass is 127. The summed E-state index contributed by atoms with van der Waals surface area (Å²) in [6, 6.07) is 23.1. The fraction of sp³-hybridized carbons (Fsp3) is 0.185. The first-order valence-corrected chi connectivity index (χ1v) is 12.1. The summed E-state index contributed by atoms with van der Waals surface area (Å²) in [5, 5.41) is 13.0. The van der Waals surface area contributed by atoms with Gasteiger partial charge in [-0.15, -0.1) is 0 Å². The minimum atomic E-state index is -0.399. The SMILES string of the molecule is COc1cc(/C=C(/C#N)C(=O)NCCCc2ccccc2)cc(I)c1OCc1ccccc1Cl. The van der Waals surface area contributed by atoms with Crippen LogP contribution in [0.15, 0.2) is 72.3 Å². The molecule has 0 aliphatic heterocycles. The van der Waals surface area contributed by atoms with Gasteiger partial charge < -0.3 is 14.8 Å². The zero-order valence-corrected chi connectivity index (χ0v) is 21.6. The molecule has 0 aliphatic rings. The van der Waals surface area contributed by atoms with Gasteiger partial charge in [-0.25, -0.2) is 0 Å². The second-order valence-corrected chi connectivity index (χ2v) is 9.00. The molecule has 0 spiro atoms. The lowest BCUT2D eigenvalue weighted by atomic mass is 10.1. The van der Waals surface area contributed by atoms with E-state index in [0.29, 0.717) is 28.6 Å². The molecule has 7 heteroatoms. The van der Waals surface area contributed by atoms with Gasteiger partial charge in [-0.05, 0) is 70.8 Å². The van der Waals surface area contributed by atoms with Crippen LogP contribution in [0, 0.1) is 14.9 Å². The molecule has 1 amide bonds. The van der Waals surface area contributed by atoms with E-state index in [9.17, 15) is 10.1 Å². The van der Waals surface area contributed by atoms with Crippen LogP contribution in [0.5, 0.6) is 11.5 Å². The first-order valence-electron chi connectivity index (χ1n) is 10.7. The van der Waals surface area contributed by atoms with Crippen LogP contribution in [0.4, 0.5) is 0 Å². The first-order chi connectivity index (χ1) is 16.5. The molecule has 0 unspecified atom stereocenters. The molecule has 3 aromatic carbocycles. The van der Waals surface area contributed by atoms with Crippen molar-refractivity contribution in [2.75, 3.05) is 13.7 Å². The van der Waals surface area contributed by atoms with Crippen molar-refractivity contribution in [1.29, 1.82) is 5.26 Å². The van der Waals surface area contributed by atoms with Crippen molar-refractivity contribution in [3.63, 3.8) is 0 Å². The Morgan fingerprint density at radius 2 is 1.88 bits per heavy atom. The van der Waals surface area contributed by atoms with Crippen molar-refractivity contribution in [2.45, 2.75) is 19.4 Å². The standard InChI is InChI=1S/C27H24ClIN2O3/c1-33-25-16-20(15-24(29)26(25)34-18-21-11-5-6-12-23(21)28)14-22(17-30)27(32)31-13-7-10-19-8-3-2-4-9-19/h2-6,8-9,11-12,14-16H,7,10,13,18H2,1H3,(H,31,32)/b22-14-. The Morgan fingerprint density at radius 1 is 1.15 bits per heavy atom. The lowest BCUT2D eigenvalue weighted by molar-refractivity contribution is -0.117. The largest absolute Gasteiger partial charge is 0.493 e. The van der Waals surface area contributed by atoms with Crippen LogP contribution in [0.25, 0.3) is 6.08 Å². The van der Waals surface area contributed by atoms with Crippen molar-refractivity contribution in [3.8, 4) is 17.6 Å². The Labute approximate surface area is 218 Å².